The van der Waals surface area contributed by atoms with Gasteiger partial charge in [-0.1, -0.05) is 26.0 Å². The Balaban J connectivity index is 1.75. The Morgan fingerprint density at radius 1 is 1.31 bits per heavy atom. The van der Waals surface area contributed by atoms with E-state index in [9.17, 15) is 14.7 Å². The Bertz CT molecular complexity index is 809. The topological polar surface area (TPSA) is 110 Å². The molecular weight excluding hydrogens is 334 g/mol. The molecule has 1 aliphatic rings. The van der Waals surface area contributed by atoms with E-state index in [1.54, 1.807) is 19.9 Å². The second kappa shape index (κ2) is 7.23. The lowest BCUT2D eigenvalue weighted by Gasteiger charge is -2.25. The number of tetrazole rings is 1. The average molecular weight is 357 g/mol. The van der Waals surface area contributed by atoms with E-state index in [1.165, 1.54) is 0 Å². The molecule has 0 radical (unpaired) electrons. The van der Waals surface area contributed by atoms with Crippen LogP contribution in [0.4, 0.5) is 5.69 Å². The summed E-state index contributed by atoms with van der Waals surface area (Å²) in [6, 6.07) is 7.64. The van der Waals surface area contributed by atoms with Crippen LogP contribution in [0.2, 0.25) is 0 Å². The van der Waals surface area contributed by atoms with Crippen LogP contribution in [0.1, 0.15) is 52.0 Å². The van der Waals surface area contributed by atoms with Crippen molar-refractivity contribution in [1.82, 2.24) is 20.2 Å². The van der Waals surface area contributed by atoms with Gasteiger partial charge in [0.1, 0.15) is 0 Å². The van der Waals surface area contributed by atoms with Gasteiger partial charge >= 0.3 is 5.97 Å². The third-order valence-corrected chi connectivity index (χ3v) is 5.10. The zero-order valence-corrected chi connectivity index (χ0v) is 15.0. The number of nitrogens with one attached hydrogen (secondary N) is 1. The van der Waals surface area contributed by atoms with Crippen molar-refractivity contribution < 1.29 is 14.7 Å². The molecule has 1 heterocycles. The van der Waals surface area contributed by atoms with Crippen LogP contribution in [0.15, 0.2) is 24.3 Å². The molecule has 2 N–H and O–H groups in total. The number of nitrogens with zero attached hydrogens (tertiary/aromatic N) is 4. The number of amides is 1. The number of aliphatic carboxylic acids is 1. The number of aromatic nitrogens is 4. The second-order valence-electron chi connectivity index (χ2n) is 6.78. The highest BCUT2D eigenvalue weighted by Crippen LogP contribution is 2.37. The molecule has 8 heteroatoms. The predicted octanol–water partition coefficient (Wildman–Crippen LogP) is 2.89. The van der Waals surface area contributed by atoms with Crippen molar-refractivity contribution in [2.45, 2.75) is 52.0 Å². The number of anilines is 1. The Labute approximate surface area is 151 Å². The highest BCUT2D eigenvalue weighted by molar-refractivity contribution is 5.94. The van der Waals surface area contributed by atoms with Crippen LogP contribution in [-0.2, 0) is 9.59 Å². The summed E-state index contributed by atoms with van der Waals surface area (Å²) in [6.45, 7) is 3.59. The monoisotopic (exact) mass is 357 g/mol. The van der Waals surface area contributed by atoms with Gasteiger partial charge in [0.2, 0.25) is 5.91 Å². The Hall–Kier alpha value is -2.77. The van der Waals surface area contributed by atoms with Crippen LogP contribution in [0.25, 0.3) is 11.4 Å². The highest BCUT2D eigenvalue weighted by atomic mass is 16.4. The third-order valence-electron chi connectivity index (χ3n) is 5.10. The third kappa shape index (κ3) is 3.58. The first-order chi connectivity index (χ1) is 12.5. The van der Waals surface area contributed by atoms with Crippen LogP contribution in [0, 0.1) is 5.41 Å². The fourth-order valence-electron chi connectivity index (χ4n) is 3.08. The lowest BCUT2D eigenvalue weighted by Crippen LogP contribution is -2.34. The standard InChI is InChI=1S/C18H23N5O3/c1-3-18(4-2,17(25)26)11-15(24)19-13-7-5-6-12(10-13)16-20-21-22-23(16)14-8-9-14/h5-7,10,14H,3-4,8-9,11H2,1-2H3,(H,19,24)(H,25,26). The molecular formula is C18H23N5O3. The smallest absolute Gasteiger partial charge is 0.310 e. The minimum absolute atomic E-state index is 0.0562. The summed E-state index contributed by atoms with van der Waals surface area (Å²) in [7, 11) is 0. The molecule has 1 fully saturated rings. The summed E-state index contributed by atoms with van der Waals surface area (Å²) >= 11 is 0. The number of carboxylic acid groups (broad SMARTS) is 1. The van der Waals surface area contributed by atoms with Gasteiger partial charge in [-0.05, 0) is 48.2 Å². The molecule has 0 saturated heterocycles. The molecule has 0 aliphatic heterocycles. The van der Waals surface area contributed by atoms with Crippen LogP contribution >= 0.6 is 0 Å². The molecule has 1 aromatic carbocycles. The molecule has 1 aliphatic carbocycles. The molecule has 1 amide bonds. The van der Waals surface area contributed by atoms with Crippen molar-refractivity contribution in [2.24, 2.45) is 5.41 Å². The highest BCUT2D eigenvalue weighted by Gasteiger charge is 2.37. The first-order valence-electron chi connectivity index (χ1n) is 8.90. The molecule has 1 saturated carbocycles. The van der Waals surface area contributed by atoms with E-state index in [4.69, 9.17) is 0 Å². The Morgan fingerprint density at radius 2 is 2.04 bits per heavy atom. The Kier molecular flexibility index (Phi) is 5.01. The van der Waals surface area contributed by atoms with Crippen molar-refractivity contribution in [1.29, 1.82) is 0 Å². The van der Waals surface area contributed by atoms with Gasteiger partial charge in [0.05, 0.1) is 11.5 Å². The maximum Gasteiger partial charge on any atom is 0.310 e. The fourth-order valence-corrected chi connectivity index (χ4v) is 3.08. The normalized spacial score (nSPS) is 14.2. The Morgan fingerprint density at radius 3 is 2.65 bits per heavy atom. The predicted molar refractivity (Wildman–Crippen MR) is 95.4 cm³/mol. The van der Waals surface area contributed by atoms with Crippen molar-refractivity contribution in [3.05, 3.63) is 24.3 Å². The second-order valence-corrected chi connectivity index (χ2v) is 6.78. The van der Waals surface area contributed by atoms with E-state index in [0.29, 0.717) is 30.4 Å². The van der Waals surface area contributed by atoms with Crippen molar-refractivity contribution in [3.63, 3.8) is 0 Å². The summed E-state index contributed by atoms with van der Waals surface area (Å²) < 4.78 is 1.81. The van der Waals surface area contributed by atoms with Crippen LogP contribution in [-0.4, -0.2) is 37.2 Å². The number of carbonyl (C=O) groups is 2. The minimum Gasteiger partial charge on any atom is -0.481 e. The molecule has 1 aromatic heterocycles. The number of rotatable bonds is 8. The lowest BCUT2D eigenvalue weighted by atomic mass is 9.79. The van der Waals surface area contributed by atoms with Gasteiger partial charge in [0, 0.05) is 17.7 Å². The summed E-state index contributed by atoms with van der Waals surface area (Å²) in [6.07, 6.45) is 2.89. The number of hydrogen-bond donors (Lipinski definition) is 2. The van der Waals surface area contributed by atoms with E-state index in [-0.39, 0.29) is 12.3 Å². The summed E-state index contributed by atoms with van der Waals surface area (Å²) in [5, 5.41) is 24.2. The van der Waals surface area contributed by atoms with Gasteiger partial charge < -0.3 is 10.4 Å². The number of hydrogen-bond acceptors (Lipinski definition) is 5. The molecule has 0 bridgehead atoms. The number of carboxylic acids is 1. The number of benzene rings is 1. The van der Waals surface area contributed by atoms with E-state index < -0.39 is 11.4 Å². The summed E-state index contributed by atoms with van der Waals surface area (Å²) in [4.78, 5) is 24.0. The minimum atomic E-state index is -1.03. The first kappa shape index (κ1) is 18.0. The van der Waals surface area contributed by atoms with Gasteiger partial charge in [-0.3, -0.25) is 9.59 Å². The zero-order chi connectivity index (χ0) is 18.7. The average Bonchev–Trinajstić information content (AvgIpc) is 3.36. The van der Waals surface area contributed by atoms with Crippen molar-refractivity contribution >= 4 is 17.6 Å². The van der Waals surface area contributed by atoms with Crippen molar-refractivity contribution in [2.75, 3.05) is 5.32 Å². The van der Waals surface area contributed by atoms with E-state index in [1.807, 2.05) is 22.9 Å². The molecule has 26 heavy (non-hydrogen) atoms. The fraction of sp³-hybridized carbons (Fsp3) is 0.500. The van der Waals surface area contributed by atoms with Gasteiger partial charge in [0.25, 0.3) is 0 Å². The molecule has 2 aromatic rings. The molecule has 138 valence electrons. The largest absolute Gasteiger partial charge is 0.481 e. The SMILES string of the molecule is CCC(CC)(CC(=O)Nc1cccc(-c2nnnn2C2CC2)c1)C(=O)O. The van der Waals surface area contributed by atoms with Gasteiger partial charge in [-0.25, -0.2) is 4.68 Å². The van der Waals surface area contributed by atoms with Crippen LogP contribution in [0.5, 0.6) is 0 Å². The maximum absolute atomic E-state index is 12.4. The van der Waals surface area contributed by atoms with E-state index in [2.05, 4.69) is 20.8 Å². The van der Waals surface area contributed by atoms with E-state index >= 15 is 0 Å². The van der Waals surface area contributed by atoms with Crippen LogP contribution in [0.3, 0.4) is 0 Å². The summed E-state index contributed by atoms with van der Waals surface area (Å²) in [5.74, 6) is -0.573. The zero-order valence-electron chi connectivity index (χ0n) is 15.0. The quantitative estimate of drug-likeness (QED) is 0.751. The molecule has 0 atom stereocenters. The van der Waals surface area contributed by atoms with Crippen molar-refractivity contribution in [3.8, 4) is 11.4 Å². The lowest BCUT2D eigenvalue weighted by molar-refractivity contribution is -0.151. The molecule has 3 rings (SSSR count). The van der Waals surface area contributed by atoms with Gasteiger partial charge in [-0.15, -0.1) is 5.10 Å². The molecule has 0 unspecified atom stereocenters. The maximum atomic E-state index is 12.4. The summed E-state index contributed by atoms with van der Waals surface area (Å²) in [5.41, 5.74) is 0.386. The number of carbonyl (C=O) groups excluding carboxylic acids is 1. The van der Waals surface area contributed by atoms with E-state index in [0.717, 1.165) is 18.4 Å². The van der Waals surface area contributed by atoms with Gasteiger partial charge in [-0.2, -0.15) is 0 Å². The van der Waals surface area contributed by atoms with Gasteiger partial charge in [0.15, 0.2) is 5.82 Å². The molecule has 0 spiro atoms. The van der Waals surface area contributed by atoms with Crippen LogP contribution < -0.4 is 5.32 Å². The first-order valence-corrected chi connectivity index (χ1v) is 8.90. The molecule has 8 nitrogen and oxygen atoms in total.